The summed E-state index contributed by atoms with van der Waals surface area (Å²) < 4.78 is 10.7. The number of phenolic OH excluding ortho intramolecular Hbond substituents is 1. The molecule has 0 bridgehead atoms. The molecule has 0 fully saturated rings. The standard InChI is InChI=1S/C22H30O5/c1-2-3-4-5-6-7-8-9-10-11-16-26-18-21(17-23)27-22(25)19-12-14-20(24)15-13-19/h4-9,12-15,21,23-24H,2-3,10-11,16-18H2,1H3/b5-4+,7-6-,9-8+/t21-/m0/s1. The molecule has 148 valence electrons. The van der Waals surface area contributed by atoms with E-state index in [1.165, 1.54) is 24.3 Å². The fraction of sp³-hybridized carbons (Fsp3) is 0.409. The zero-order chi connectivity index (χ0) is 19.7. The Bertz CT molecular complexity index is 602. The van der Waals surface area contributed by atoms with Gasteiger partial charge >= 0.3 is 5.97 Å². The van der Waals surface area contributed by atoms with Crippen molar-refractivity contribution < 1.29 is 24.5 Å². The Labute approximate surface area is 161 Å². The van der Waals surface area contributed by atoms with E-state index in [1.54, 1.807) is 0 Å². The van der Waals surface area contributed by atoms with Crippen LogP contribution in [0.1, 0.15) is 43.0 Å². The maximum Gasteiger partial charge on any atom is 0.338 e. The van der Waals surface area contributed by atoms with Crippen molar-refractivity contribution >= 4 is 5.97 Å². The van der Waals surface area contributed by atoms with Crippen LogP contribution in [-0.2, 0) is 9.47 Å². The molecule has 27 heavy (non-hydrogen) atoms. The molecular formula is C22H30O5. The third kappa shape index (κ3) is 11.1. The number of aliphatic hydroxyl groups is 1. The zero-order valence-corrected chi connectivity index (χ0v) is 15.9. The van der Waals surface area contributed by atoms with Crippen LogP contribution in [0.3, 0.4) is 0 Å². The summed E-state index contributed by atoms with van der Waals surface area (Å²) in [5, 5.41) is 18.5. The van der Waals surface area contributed by atoms with Gasteiger partial charge in [0.15, 0.2) is 0 Å². The Kier molecular flexibility index (Phi) is 12.4. The number of hydrogen-bond donors (Lipinski definition) is 2. The van der Waals surface area contributed by atoms with Crippen molar-refractivity contribution in [3.8, 4) is 5.75 Å². The zero-order valence-electron chi connectivity index (χ0n) is 15.9. The third-order valence-electron chi connectivity index (χ3n) is 3.60. The van der Waals surface area contributed by atoms with Gasteiger partial charge in [0.2, 0.25) is 0 Å². The van der Waals surface area contributed by atoms with Crippen molar-refractivity contribution in [1.29, 1.82) is 0 Å². The number of esters is 1. The molecule has 0 spiro atoms. The van der Waals surface area contributed by atoms with Gasteiger partial charge in [-0.25, -0.2) is 4.79 Å². The number of ether oxygens (including phenoxy) is 2. The van der Waals surface area contributed by atoms with Crippen LogP contribution in [0.2, 0.25) is 0 Å². The van der Waals surface area contributed by atoms with Crippen molar-refractivity contribution in [3.63, 3.8) is 0 Å². The number of carbonyl (C=O) groups is 1. The van der Waals surface area contributed by atoms with E-state index in [0.29, 0.717) is 12.2 Å². The molecule has 1 aromatic carbocycles. The third-order valence-corrected chi connectivity index (χ3v) is 3.60. The van der Waals surface area contributed by atoms with Crippen LogP contribution >= 0.6 is 0 Å². The van der Waals surface area contributed by atoms with E-state index < -0.39 is 12.1 Å². The number of aliphatic hydroxyl groups excluding tert-OH is 1. The number of aromatic hydroxyl groups is 1. The van der Waals surface area contributed by atoms with Crippen LogP contribution in [0.4, 0.5) is 0 Å². The number of unbranched alkanes of at least 4 members (excludes halogenated alkanes) is 2. The number of rotatable bonds is 13. The molecule has 0 aliphatic heterocycles. The lowest BCUT2D eigenvalue weighted by atomic mass is 10.2. The van der Waals surface area contributed by atoms with Crippen molar-refractivity contribution in [3.05, 3.63) is 66.3 Å². The van der Waals surface area contributed by atoms with E-state index in [2.05, 4.69) is 19.1 Å². The average molecular weight is 374 g/mol. The van der Waals surface area contributed by atoms with Gasteiger partial charge in [-0.15, -0.1) is 0 Å². The molecule has 0 radical (unpaired) electrons. The summed E-state index contributed by atoms with van der Waals surface area (Å²) in [7, 11) is 0. The normalized spacial score (nSPS) is 13.0. The fourth-order valence-electron chi connectivity index (χ4n) is 2.10. The molecule has 1 aromatic rings. The second-order valence-electron chi connectivity index (χ2n) is 6.00. The highest BCUT2D eigenvalue weighted by Crippen LogP contribution is 2.11. The Morgan fingerprint density at radius 3 is 2.37 bits per heavy atom. The molecule has 0 aromatic heterocycles. The smallest absolute Gasteiger partial charge is 0.338 e. The first kappa shape index (κ1) is 22.7. The summed E-state index contributed by atoms with van der Waals surface area (Å²) in [6.45, 7) is 2.52. The SMILES string of the molecule is CCC/C=C/C=C\C=C\CCCOC[C@H](CO)OC(=O)c1ccc(O)cc1. The summed E-state index contributed by atoms with van der Waals surface area (Å²) >= 11 is 0. The second kappa shape index (κ2) is 14.8. The van der Waals surface area contributed by atoms with E-state index in [9.17, 15) is 15.0 Å². The van der Waals surface area contributed by atoms with E-state index >= 15 is 0 Å². The maximum atomic E-state index is 12.0. The molecule has 0 unspecified atom stereocenters. The van der Waals surface area contributed by atoms with E-state index in [-0.39, 0.29) is 19.0 Å². The molecule has 0 aliphatic carbocycles. The van der Waals surface area contributed by atoms with Gasteiger partial charge in [0, 0.05) is 6.61 Å². The second-order valence-corrected chi connectivity index (χ2v) is 6.00. The van der Waals surface area contributed by atoms with Gasteiger partial charge < -0.3 is 19.7 Å². The summed E-state index contributed by atoms with van der Waals surface area (Å²) in [5.74, 6) is -0.480. The maximum absolute atomic E-state index is 12.0. The lowest BCUT2D eigenvalue weighted by Gasteiger charge is -2.15. The lowest BCUT2D eigenvalue weighted by molar-refractivity contribution is -0.0240. The minimum atomic E-state index is -0.709. The van der Waals surface area contributed by atoms with Gasteiger partial charge in [0.1, 0.15) is 11.9 Å². The van der Waals surface area contributed by atoms with Gasteiger partial charge in [0.05, 0.1) is 18.8 Å². The molecule has 1 atom stereocenters. The predicted octanol–water partition coefficient (Wildman–Crippen LogP) is 4.18. The van der Waals surface area contributed by atoms with E-state index in [0.717, 1.165) is 25.7 Å². The summed E-state index contributed by atoms with van der Waals surface area (Å²) in [6, 6.07) is 5.75. The van der Waals surface area contributed by atoms with Crippen molar-refractivity contribution in [1.82, 2.24) is 0 Å². The molecule has 5 nitrogen and oxygen atoms in total. The van der Waals surface area contributed by atoms with Gasteiger partial charge in [0.25, 0.3) is 0 Å². The van der Waals surface area contributed by atoms with Crippen molar-refractivity contribution in [2.24, 2.45) is 0 Å². The first-order valence-corrected chi connectivity index (χ1v) is 9.34. The van der Waals surface area contributed by atoms with Crippen LogP contribution in [0, 0.1) is 0 Å². The Balaban J connectivity index is 2.16. The van der Waals surface area contributed by atoms with Crippen LogP contribution in [0.15, 0.2) is 60.7 Å². The highest BCUT2D eigenvalue weighted by Gasteiger charge is 2.15. The summed E-state index contributed by atoms with van der Waals surface area (Å²) in [5.41, 5.74) is 0.314. The fourth-order valence-corrected chi connectivity index (χ4v) is 2.10. The highest BCUT2D eigenvalue weighted by molar-refractivity contribution is 5.89. The highest BCUT2D eigenvalue weighted by atomic mass is 16.6. The van der Waals surface area contributed by atoms with E-state index in [1.807, 2.05) is 24.3 Å². The quantitative estimate of drug-likeness (QED) is 0.308. The first-order valence-electron chi connectivity index (χ1n) is 9.34. The molecule has 0 saturated carbocycles. The molecule has 0 aliphatic rings. The Morgan fingerprint density at radius 2 is 1.74 bits per heavy atom. The number of carbonyl (C=O) groups excluding carboxylic acids is 1. The van der Waals surface area contributed by atoms with Gasteiger partial charge in [-0.2, -0.15) is 0 Å². The van der Waals surface area contributed by atoms with Crippen LogP contribution < -0.4 is 0 Å². The van der Waals surface area contributed by atoms with Crippen LogP contribution in [-0.4, -0.2) is 42.1 Å². The Hall–Kier alpha value is -2.37. The number of hydrogen-bond acceptors (Lipinski definition) is 5. The molecule has 5 heteroatoms. The molecule has 0 amide bonds. The minimum absolute atomic E-state index is 0.0751. The van der Waals surface area contributed by atoms with Crippen molar-refractivity contribution in [2.45, 2.75) is 38.7 Å². The number of benzene rings is 1. The molecular weight excluding hydrogens is 344 g/mol. The van der Waals surface area contributed by atoms with Crippen LogP contribution in [0.25, 0.3) is 0 Å². The number of phenols is 1. The summed E-state index contributed by atoms with van der Waals surface area (Å²) in [4.78, 5) is 12.0. The van der Waals surface area contributed by atoms with Crippen molar-refractivity contribution in [2.75, 3.05) is 19.8 Å². The molecule has 0 saturated heterocycles. The van der Waals surface area contributed by atoms with Gasteiger partial charge in [-0.3, -0.25) is 0 Å². The Morgan fingerprint density at radius 1 is 1.07 bits per heavy atom. The minimum Gasteiger partial charge on any atom is -0.508 e. The molecule has 1 rings (SSSR count). The average Bonchev–Trinajstić information content (AvgIpc) is 2.68. The summed E-state index contributed by atoms with van der Waals surface area (Å²) in [6.07, 6.45) is 15.6. The topological polar surface area (TPSA) is 76.0 Å². The lowest BCUT2D eigenvalue weighted by Crippen LogP contribution is -2.27. The molecule has 2 N–H and O–H groups in total. The van der Waals surface area contributed by atoms with E-state index in [4.69, 9.17) is 9.47 Å². The van der Waals surface area contributed by atoms with Crippen LogP contribution in [0.5, 0.6) is 5.75 Å². The monoisotopic (exact) mass is 374 g/mol. The predicted molar refractivity (Wildman–Crippen MR) is 107 cm³/mol. The first-order chi connectivity index (χ1) is 13.2. The largest absolute Gasteiger partial charge is 0.508 e. The number of allylic oxidation sites excluding steroid dienone is 6. The van der Waals surface area contributed by atoms with Gasteiger partial charge in [-0.1, -0.05) is 49.8 Å². The molecule has 0 heterocycles. The van der Waals surface area contributed by atoms with Gasteiger partial charge in [-0.05, 0) is 43.5 Å².